The lowest BCUT2D eigenvalue weighted by Gasteiger charge is -2.09. The molecule has 8 heteroatoms. The zero-order valence-corrected chi connectivity index (χ0v) is 11.3. The Morgan fingerprint density at radius 3 is 2.53 bits per heavy atom. The summed E-state index contributed by atoms with van der Waals surface area (Å²) in [4.78, 5) is 7.51. The molecule has 0 radical (unpaired) electrons. The van der Waals surface area contributed by atoms with Crippen LogP contribution in [0.3, 0.4) is 0 Å². The highest BCUT2D eigenvalue weighted by Crippen LogP contribution is 2.22. The maximum atomic E-state index is 12.1. The molecule has 6 nitrogen and oxygen atoms in total. The highest BCUT2D eigenvalue weighted by atomic mass is 35.5. The van der Waals surface area contributed by atoms with E-state index in [1.54, 1.807) is 6.07 Å². The summed E-state index contributed by atoms with van der Waals surface area (Å²) in [5.74, 6) is 0. The largest absolute Gasteiger partial charge is 0.326 e. The van der Waals surface area contributed by atoms with Crippen LogP contribution in [0, 0.1) is 0 Å². The van der Waals surface area contributed by atoms with Crippen molar-refractivity contribution in [1.82, 2.24) is 9.97 Å². The first-order chi connectivity index (χ1) is 9.03. The Bertz CT molecular complexity index is 676. The SMILES string of the molecule is NCc1ccc(S(=O)(=O)Nc2cncnc2)cc1Cl. The van der Waals surface area contributed by atoms with Gasteiger partial charge < -0.3 is 5.73 Å². The molecule has 0 aliphatic heterocycles. The van der Waals surface area contributed by atoms with Crippen molar-refractivity contribution in [2.45, 2.75) is 11.4 Å². The number of hydrogen-bond donors (Lipinski definition) is 2. The molecule has 3 N–H and O–H groups in total. The molecule has 0 saturated carbocycles. The van der Waals surface area contributed by atoms with E-state index < -0.39 is 10.0 Å². The van der Waals surface area contributed by atoms with E-state index in [1.165, 1.54) is 30.9 Å². The Hall–Kier alpha value is -1.70. The smallest absolute Gasteiger partial charge is 0.262 e. The number of rotatable bonds is 4. The summed E-state index contributed by atoms with van der Waals surface area (Å²) < 4.78 is 26.6. The number of sulfonamides is 1. The van der Waals surface area contributed by atoms with E-state index in [-0.39, 0.29) is 17.1 Å². The topological polar surface area (TPSA) is 98.0 Å². The summed E-state index contributed by atoms with van der Waals surface area (Å²) in [6.45, 7) is 0.249. The van der Waals surface area contributed by atoms with Crippen LogP contribution in [0.1, 0.15) is 5.56 Å². The van der Waals surface area contributed by atoms with Gasteiger partial charge in [-0.25, -0.2) is 18.4 Å². The molecule has 0 aliphatic rings. The molecular weight excluding hydrogens is 288 g/mol. The Labute approximate surface area is 115 Å². The summed E-state index contributed by atoms with van der Waals surface area (Å²) >= 11 is 5.94. The van der Waals surface area contributed by atoms with Crippen molar-refractivity contribution < 1.29 is 8.42 Å². The van der Waals surface area contributed by atoms with Crippen LogP contribution in [-0.2, 0) is 16.6 Å². The monoisotopic (exact) mass is 298 g/mol. The number of hydrogen-bond acceptors (Lipinski definition) is 5. The molecule has 2 rings (SSSR count). The first-order valence-corrected chi connectivity index (χ1v) is 7.15. The summed E-state index contributed by atoms with van der Waals surface area (Å²) in [6, 6.07) is 4.38. The van der Waals surface area contributed by atoms with Crippen LogP contribution >= 0.6 is 11.6 Å². The standard InChI is InChI=1S/C11H11ClN4O2S/c12-11-3-10(2-1-8(11)4-13)19(17,18)16-9-5-14-7-15-6-9/h1-3,5-7,16H,4,13H2. The van der Waals surface area contributed by atoms with Gasteiger partial charge in [0.15, 0.2) is 0 Å². The molecule has 1 aromatic heterocycles. The molecule has 19 heavy (non-hydrogen) atoms. The van der Waals surface area contributed by atoms with Crippen LogP contribution in [-0.4, -0.2) is 18.4 Å². The Morgan fingerprint density at radius 1 is 1.26 bits per heavy atom. The number of benzene rings is 1. The van der Waals surface area contributed by atoms with Gasteiger partial charge in [0.1, 0.15) is 6.33 Å². The molecule has 2 aromatic rings. The molecule has 0 amide bonds. The number of nitrogens with two attached hydrogens (primary N) is 1. The first-order valence-electron chi connectivity index (χ1n) is 5.29. The normalized spacial score (nSPS) is 11.3. The van der Waals surface area contributed by atoms with Crippen LogP contribution < -0.4 is 10.5 Å². The molecule has 0 fully saturated rings. The predicted octanol–water partition coefficient (Wildman–Crippen LogP) is 1.39. The number of aromatic nitrogens is 2. The maximum Gasteiger partial charge on any atom is 0.262 e. The van der Waals surface area contributed by atoms with Gasteiger partial charge in [-0.1, -0.05) is 17.7 Å². The van der Waals surface area contributed by atoms with E-state index in [1.807, 2.05) is 0 Å². The van der Waals surface area contributed by atoms with Gasteiger partial charge in [-0.15, -0.1) is 0 Å². The van der Waals surface area contributed by atoms with E-state index in [0.717, 1.165) is 0 Å². The average Bonchev–Trinajstić information content (AvgIpc) is 2.39. The van der Waals surface area contributed by atoms with Gasteiger partial charge >= 0.3 is 0 Å². The fourth-order valence-corrected chi connectivity index (χ4v) is 2.80. The van der Waals surface area contributed by atoms with Gasteiger partial charge in [0.2, 0.25) is 0 Å². The van der Waals surface area contributed by atoms with Gasteiger partial charge in [-0.3, -0.25) is 4.72 Å². The third-order valence-corrected chi connectivity index (χ3v) is 4.10. The molecule has 0 aliphatic carbocycles. The number of anilines is 1. The third kappa shape index (κ3) is 3.19. The number of halogens is 1. The molecule has 0 atom stereocenters. The van der Waals surface area contributed by atoms with Crippen molar-refractivity contribution in [3.05, 3.63) is 47.5 Å². The lowest BCUT2D eigenvalue weighted by atomic mass is 10.2. The van der Waals surface area contributed by atoms with Crippen molar-refractivity contribution in [3.63, 3.8) is 0 Å². The van der Waals surface area contributed by atoms with Gasteiger partial charge in [0, 0.05) is 11.6 Å². The number of nitrogens with one attached hydrogen (secondary N) is 1. The average molecular weight is 299 g/mol. The van der Waals surface area contributed by atoms with E-state index in [0.29, 0.717) is 10.6 Å². The molecule has 100 valence electrons. The summed E-state index contributed by atoms with van der Waals surface area (Å²) in [6.07, 6.45) is 4.03. The van der Waals surface area contributed by atoms with Gasteiger partial charge in [0.05, 0.1) is 23.0 Å². The third-order valence-electron chi connectivity index (χ3n) is 2.37. The zero-order valence-electron chi connectivity index (χ0n) is 9.75. The Kier molecular flexibility index (Phi) is 3.98. The Morgan fingerprint density at radius 2 is 1.95 bits per heavy atom. The van der Waals surface area contributed by atoms with Crippen molar-refractivity contribution in [3.8, 4) is 0 Å². The minimum atomic E-state index is -3.72. The molecule has 1 heterocycles. The summed E-state index contributed by atoms with van der Waals surface area (Å²) in [7, 11) is -3.72. The molecule has 0 spiro atoms. The second-order valence-electron chi connectivity index (χ2n) is 3.69. The lowest BCUT2D eigenvalue weighted by Crippen LogP contribution is -2.13. The van der Waals surface area contributed by atoms with Crippen molar-refractivity contribution in [2.75, 3.05) is 4.72 Å². The van der Waals surface area contributed by atoms with Crippen molar-refractivity contribution in [2.24, 2.45) is 5.73 Å². The van der Waals surface area contributed by atoms with E-state index in [2.05, 4.69) is 14.7 Å². The maximum absolute atomic E-state index is 12.1. The van der Waals surface area contributed by atoms with Gasteiger partial charge in [-0.2, -0.15) is 0 Å². The van der Waals surface area contributed by atoms with E-state index in [4.69, 9.17) is 17.3 Å². The van der Waals surface area contributed by atoms with Crippen LogP contribution in [0.25, 0.3) is 0 Å². The quantitative estimate of drug-likeness (QED) is 0.889. The highest BCUT2D eigenvalue weighted by Gasteiger charge is 2.15. The van der Waals surface area contributed by atoms with Crippen LogP contribution in [0.15, 0.2) is 41.8 Å². The zero-order chi connectivity index (χ0) is 13.9. The molecule has 1 aromatic carbocycles. The second-order valence-corrected chi connectivity index (χ2v) is 5.78. The Balaban J connectivity index is 2.32. The van der Waals surface area contributed by atoms with Gasteiger partial charge in [-0.05, 0) is 17.7 Å². The minimum absolute atomic E-state index is 0.0542. The molecule has 0 saturated heterocycles. The predicted molar refractivity (Wildman–Crippen MR) is 72.2 cm³/mol. The summed E-state index contributed by atoms with van der Waals surface area (Å²) in [5, 5.41) is 0.315. The van der Waals surface area contributed by atoms with Crippen LogP contribution in [0.4, 0.5) is 5.69 Å². The van der Waals surface area contributed by atoms with Crippen molar-refractivity contribution >= 4 is 27.3 Å². The fraction of sp³-hybridized carbons (Fsp3) is 0.0909. The van der Waals surface area contributed by atoms with Gasteiger partial charge in [0.25, 0.3) is 10.0 Å². The highest BCUT2D eigenvalue weighted by molar-refractivity contribution is 7.92. The van der Waals surface area contributed by atoms with Crippen LogP contribution in [0.5, 0.6) is 0 Å². The van der Waals surface area contributed by atoms with Crippen LogP contribution in [0.2, 0.25) is 5.02 Å². The lowest BCUT2D eigenvalue weighted by molar-refractivity contribution is 0.601. The van der Waals surface area contributed by atoms with E-state index >= 15 is 0 Å². The fourth-order valence-electron chi connectivity index (χ4n) is 1.43. The first kappa shape index (κ1) is 13.7. The molecule has 0 unspecified atom stereocenters. The molecule has 0 bridgehead atoms. The second kappa shape index (κ2) is 5.52. The minimum Gasteiger partial charge on any atom is -0.326 e. The molecular formula is C11H11ClN4O2S. The summed E-state index contributed by atoms with van der Waals surface area (Å²) in [5.41, 5.74) is 6.43. The number of nitrogens with zero attached hydrogens (tertiary/aromatic N) is 2. The van der Waals surface area contributed by atoms with Crippen molar-refractivity contribution in [1.29, 1.82) is 0 Å². The van der Waals surface area contributed by atoms with E-state index in [9.17, 15) is 8.42 Å².